The minimum atomic E-state index is -0.732. The number of hydrogen-bond donors (Lipinski definition) is 1. The highest BCUT2D eigenvalue weighted by atomic mass is 19.1. The molecule has 1 saturated heterocycles. The Bertz CT molecular complexity index is 513. The van der Waals surface area contributed by atoms with Crippen molar-refractivity contribution in [3.8, 4) is 0 Å². The predicted molar refractivity (Wildman–Crippen MR) is 76.4 cm³/mol. The topological polar surface area (TPSA) is 75.6 Å². The van der Waals surface area contributed by atoms with Crippen LogP contribution >= 0.6 is 0 Å². The number of piperidine rings is 1. The third kappa shape index (κ3) is 2.82. The number of nitrogens with two attached hydrogens (primary N) is 1. The van der Waals surface area contributed by atoms with Crippen LogP contribution in [0.2, 0.25) is 0 Å². The van der Waals surface area contributed by atoms with Gasteiger partial charge in [0.2, 0.25) is 0 Å². The van der Waals surface area contributed by atoms with Gasteiger partial charge in [0.15, 0.2) is 5.82 Å². The first-order valence-corrected chi connectivity index (χ1v) is 6.55. The van der Waals surface area contributed by atoms with Gasteiger partial charge in [-0.1, -0.05) is 0 Å². The van der Waals surface area contributed by atoms with E-state index in [0.717, 1.165) is 25.9 Å². The zero-order valence-electron chi connectivity index (χ0n) is 11.7. The first-order valence-electron chi connectivity index (χ1n) is 6.55. The molecule has 1 aliphatic heterocycles. The van der Waals surface area contributed by atoms with Crippen LogP contribution in [0.15, 0.2) is 12.1 Å². The summed E-state index contributed by atoms with van der Waals surface area (Å²) in [7, 11) is 4.07. The Morgan fingerprint density at radius 2 is 2.00 bits per heavy atom. The Morgan fingerprint density at radius 3 is 2.50 bits per heavy atom. The van der Waals surface area contributed by atoms with Crippen molar-refractivity contribution in [1.29, 1.82) is 0 Å². The van der Waals surface area contributed by atoms with Gasteiger partial charge in [0, 0.05) is 30.9 Å². The number of nitro groups is 1. The van der Waals surface area contributed by atoms with Crippen LogP contribution in [0.4, 0.5) is 21.5 Å². The van der Waals surface area contributed by atoms with Gasteiger partial charge in [-0.2, -0.15) is 0 Å². The number of benzene rings is 1. The molecule has 0 spiro atoms. The number of nitrogen functional groups attached to an aromatic ring is 1. The van der Waals surface area contributed by atoms with Crippen molar-refractivity contribution in [2.75, 3.05) is 37.8 Å². The summed E-state index contributed by atoms with van der Waals surface area (Å²) < 4.78 is 13.7. The molecule has 110 valence electrons. The Balaban J connectivity index is 2.20. The van der Waals surface area contributed by atoms with Crippen molar-refractivity contribution in [1.82, 2.24) is 4.90 Å². The van der Waals surface area contributed by atoms with Crippen LogP contribution in [0, 0.1) is 15.9 Å². The molecule has 0 aromatic heterocycles. The highest BCUT2D eigenvalue weighted by molar-refractivity contribution is 5.67. The third-order valence-corrected chi connectivity index (χ3v) is 3.85. The van der Waals surface area contributed by atoms with Crippen LogP contribution in [0.3, 0.4) is 0 Å². The van der Waals surface area contributed by atoms with Crippen LogP contribution in [-0.2, 0) is 0 Å². The van der Waals surface area contributed by atoms with Crippen LogP contribution < -0.4 is 10.6 Å². The lowest BCUT2D eigenvalue weighted by Crippen LogP contribution is -2.42. The van der Waals surface area contributed by atoms with Crippen molar-refractivity contribution in [2.24, 2.45) is 0 Å². The van der Waals surface area contributed by atoms with Gasteiger partial charge in [-0.3, -0.25) is 10.1 Å². The molecule has 20 heavy (non-hydrogen) atoms. The van der Waals surface area contributed by atoms with E-state index in [0.29, 0.717) is 11.7 Å². The SMILES string of the molecule is CN(C)C1CCN(c2cc(F)c(N)c([N+](=O)[O-])c2)CC1. The molecule has 1 fully saturated rings. The second-order valence-corrected chi connectivity index (χ2v) is 5.30. The number of halogens is 1. The van der Waals surface area contributed by atoms with E-state index in [2.05, 4.69) is 4.90 Å². The van der Waals surface area contributed by atoms with E-state index in [-0.39, 0.29) is 5.69 Å². The number of rotatable bonds is 3. The second kappa shape index (κ2) is 5.62. The molecule has 7 heteroatoms. The van der Waals surface area contributed by atoms with E-state index in [1.54, 1.807) is 0 Å². The maximum atomic E-state index is 13.7. The molecule has 0 unspecified atom stereocenters. The quantitative estimate of drug-likeness (QED) is 0.520. The van der Waals surface area contributed by atoms with Crippen molar-refractivity contribution in [3.05, 3.63) is 28.1 Å². The summed E-state index contributed by atoms with van der Waals surface area (Å²) >= 11 is 0. The van der Waals surface area contributed by atoms with Gasteiger partial charge in [0.1, 0.15) is 5.69 Å². The Hall–Kier alpha value is -1.89. The third-order valence-electron chi connectivity index (χ3n) is 3.85. The summed E-state index contributed by atoms with van der Waals surface area (Å²) in [4.78, 5) is 14.4. The second-order valence-electron chi connectivity index (χ2n) is 5.30. The van der Waals surface area contributed by atoms with Gasteiger partial charge in [-0.05, 0) is 33.0 Å². The van der Waals surface area contributed by atoms with Gasteiger partial charge in [-0.25, -0.2) is 4.39 Å². The van der Waals surface area contributed by atoms with Gasteiger partial charge >= 0.3 is 0 Å². The molecular weight excluding hydrogens is 263 g/mol. The van der Waals surface area contributed by atoms with Gasteiger partial charge in [0.25, 0.3) is 5.69 Å². The molecule has 1 aromatic rings. The van der Waals surface area contributed by atoms with E-state index in [9.17, 15) is 14.5 Å². The first kappa shape index (κ1) is 14.5. The van der Waals surface area contributed by atoms with Gasteiger partial charge in [-0.15, -0.1) is 0 Å². The number of hydrogen-bond acceptors (Lipinski definition) is 5. The summed E-state index contributed by atoms with van der Waals surface area (Å²) in [5.41, 5.74) is 5.16. The largest absolute Gasteiger partial charge is 0.391 e. The first-order chi connectivity index (χ1) is 9.40. The molecule has 1 aromatic carbocycles. The molecule has 0 atom stereocenters. The molecule has 0 aliphatic carbocycles. The van der Waals surface area contributed by atoms with Crippen molar-refractivity contribution < 1.29 is 9.31 Å². The van der Waals surface area contributed by atoms with Gasteiger partial charge < -0.3 is 15.5 Å². The molecule has 6 nitrogen and oxygen atoms in total. The number of anilines is 2. The molecule has 2 rings (SSSR count). The minimum absolute atomic E-state index is 0.366. The molecule has 1 aliphatic rings. The molecule has 0 radical (unpaired) electrons. The standard InChI is InChI=1S/C13H19FN4O2/c1-16(2)9-3-5-17(6-4-9)10-7-11(14)13(15)12(8-10)18(19)20/h7-9H,3-6,15H2,1-2H3. The van der Waals surface area contributed by atoms with Crippen molar-refractivity contribution in [3.63, 3.8) is 0 Å². The maximum Gasteiger partial charge on any atom is 0.297 e. The van der Waals surface area contributed by atoms with Crippen molar-refractivity contribution >= 4 is 17.1 Å². The Kier molecular flexibility index (Phi) is 4.08. The molecular formula is C13H19FN4O2. The fraction of sp³-hybridized carbons (Fsp3) is 0.538. The van der Waals surface area contributed by atoms with Crippen molar-refractivity contribution in [2.45, 2.75) is 18.9 Å². The molecule has 1 heterocycles. The lowest BCUT2D eigenvalue weighted by Gasteiger charge is -2.36. The normalized spacial score (nSPS) is 16.7. The summed E-state index contributed by atoms with van der Waals surface area (Å²) in [6.45, 7) is 1.51. The summed E-state index contributed by atoms with van der Waals surface area (Å²) in [5.74, 6) is -0.732. The monoisotopic (exact) mass is 282 g/mol. The van der Waals surface area contributed by atoms with Crippen LogP contribution in [0.5, 0.6) is 0 Å². The minimum Gasteiger partial charge on any atom is -0.391 e. The van der Waals surface area contributed by atoms with Crippen LogP contribution in [-0.4, -0.2) is 43.0 Å². The zero-order valence-corrected chi connectivity index (χ0v) is 11.7. The highest BCUT2D eigenvalue weighted by Crippen LogP contribution is 2.32. The van der Waals surface area contributed by atoms with E-state index in [1.807, 2.05) is 19.0 Å². The maximum absolute atomic E-state index is 13.7. The summed E-state index contributed by atoms with van der Waals surface area (Å²) in [6.07, 6.45) is 1.90. The molecule has 0 amide bonds. The highest BCUT2D eigenvalue weighted by Gasteiger charge is 2.24. The zero-order chi connectivity index (χ0) is 14.9. The fourth-order valence-electron chi connectivity index (χ4n) is 2.56. The molecule has 0 saturated carbocycles. The van der Waals surface area contributed by atoms with Crippen LogP contribution in [0.25, 0.3) is 0 Å². The Labute approximate surface area is 117 Å². The lowest BCUT2D eigenvalue weighted by atomic mass is 10.0. The fourth-order valence-corrected chi connectivity index (χ4v) is 2.56. The van der Waals surface area contributed by atoms with Gasteiger partial charge in [0.05, 0.1) is 4.92 Å². The smallest absolute Gasteiger partial charge is 0.297 e. The molecule has 0 bridgehead atoms. The lowest BCUT2D eigenvalue weighted by molar-refractivity contribution is -0.384. The summed E-state index contributed by atoms with van der Waals surface area (Å²) in [5, 5.41) is 10.9. The predicted octanol–water partition coefficient (Wildman–Crippen LogP) is 1.85. The average molecular weight is 282 g/mol. The van der Waals surface area contributed by atoms with E-state index < -0.39 is 16.4 Å². The van der Waals surface area contributed by atoms with E-state index in [4.69, 9.17) is 5.73 Å². The Morgan fingerprint density at radius 1 is 1.40 bits per heavy atom. The summed E-state index contributed by atoms with van der Waals surface area (Å²) in [6, 6.07) is 3.13. The number of nitro benzene ring substituents is 1. The average Bonchev–Trinajstić information content (AvgIpc) is 2.41. The van der Waals surface area contributed by atoms with Crippen LogP contribution in [0.1, 0.15) is 12.8 Å². The number of nitrogens with zero attached hydrogens (tertiary/aromatic N) is 3. The van der Waals surface area contributed by atoms with E-state index >= 15 is 0 Å². The van der Waals surface area contributed by atoms with E-state index in [1.165, 1.54) is 12.1 Å². The molecule has 2 N–H and O–H groups in total.